The van der Waals surface area contributed by atoms with Crippen LogP contribution in [-0.4, -0.2) is 31.1 Å². The zero-order chi connectivity index (χ0) is 15.4. The van der Waals surface area contributed by atoms with Crippen LogP contribution in [0.25, 0.3) is 0 Å². The van der Waals surface area contributed by atoms with Crippen molar-refractivity contribution < 1.29 is 0 Å². The summed E-state index contributed by atoms with van der Waals surface area (Å²) < 4.78 is 0. The van der Waals surface area contributed by atoms with Gasteiger partial charge in [-0.25, -0.2) is 0 Å². The van der Waals surface area contributed by atoms with E-state index in [0.717, 1.165) is 19.0 Å². The molecule has 2 unspecified atom stereocenters. The second kappa shape index (κ2) is 7.42. The molecule has 0 amide bonds. The minimum atomic E-state index is 0.441. The molecule has 1 N–H and O–H groups in total. The Bertz CT molecular complexity index is 451. The van der Waals surface area contributed by atoms with E-state index in [1.165, 1.54) is 36.0 Å². The Morgan fingerprint density at radius 2 is 2.00 bits per heavy atom. The quantitative estimate of drug-likeness (QED) is 0.775. The predicted molar refractivity (Wildman–Crippen MR) is 91.8 cm³/mol. The summed E-state index contributed by atoms with van der Waals surface area (Å²) in [5.41, 5.74) is 4.23. The topological polar surface area (TPSA) is 15.3 Å². The third-order valence-electron chi connectivity index (χ3n) is 4.92. The van der Waals surface area contributed by atoms with Gasteiger partial charge in [0.05, 0.1) is 0 Å². The van der Waals surface area contributed by atoms with E-state index in [4.69, 9.17) is 0 Å². The number of hydrogen-bond donors (Lipinski definition) is 1. The molecule has 118 valence electrons. The number of nitrogens with zero attached hydrogens (tertiary/aromatic N) is 1. The van der Waals surface area contributed by atoms with Crippen molar-refractivity contribution in [2.24, 2.45) is 5.92 Å². The Balaban J connectivity index is 2.10. The Morgan fingerprint density at radius 3 is 2.62 bits per heavy atom. The van der Waals surface area contributed by atoms with E-state index < -0.39 is 0 Å². The van der Waals surface area contributed by atoms with E-state index in [-0.39, 0.29) is 0 Å². The molecule has 1 aliphatic rings. The van der Waals surface area contributed by atoms with Crippen LogP contribution in [0.1, 0.15) is 55.8 Å². The summed E-state index contributed by atoms with van der Waals surface area (Å²) in [5, 5.41) is 3.76. The molecule has 1 aromatic rings. The zero-order valence-electron chi connectivity index (χ0n) is 14.4. The lowest BCUT2D eigenvalue weighted by molar-refractivity contribution is 0.209. The van der Waals surface area contributed by atoms with E-state index in [0.29, 0.717) is 12.1 Å². The molecule has 1 fully saturated rings. The van der Waals surface area contributed by atoms with Gasteiger partial charge in [0.25, 0.3) is 0 Å². The first-order valence-corrected chi connectivity index (χ1v) is 8.53. The van der Waals surface area contributed by atoms with Crippen LogP contribution in [0.4, 0.5) is 0 Å². The average Bonchev–Trinajstić information content (AvgIpc) is 3.29. The molecule has 0 spiro atoms. The second-order valence-corrected chi connectivity index (χ2v) is 6.88. The van der Waals surface area contributed by atoms with Gasteiger partial charge in [0.15, 0.2) is 0 Å². The van der Waals surface area contributed by atoms with E-state index in [9.17, 15) is 0 Å². The zero-order valence-corrected chi connectivity index (χ0v) is 14.4. The van der Waals surface area contributed by atoms with Gasteiger partial charge in [-0.2, -0.15) is 0 Å². The van der Waals surface area contributed by atoms with Crippen molar-refractivity contribution in [3.8, 4) is 0 Å². The van der Waals surface area contributed by atoms with Crippen LogP contribution in [0.15, 0.2) is 18.2 Å². The molecule has 0 saturated heterocycles. The lowest BCUT2D eigenvalue weighted by atomic mass is 9.97. The Labute approximate surface area is 130 Å². The summed E-state index contributed by atoms with van der Waals surface area (Å²) in [4.78, 5) is 2.55. The van der Waals surface area contributed by atoms with Crippen molar-refractivity contribution in [1.82, 2.24) is 10.2 Å². The fraction of sp³-hybridized carbons (Fsp3) is 0.684. The highest BCUT2D eigenvalue weighted by atomic mass is 15.2. The Kier molecular flexibility index (Phi) is 5.83. The van der Waals surface area contributed by atoms with E-state index >= 15 is 0 Å². The van der Waals surface area contributed by atoms with Gasteiger partial charge in [-0.05, 0) is 70.7 Å². The van der Waals surface area contributed by atoms with Crippen molar-refractivity contribution in [2.75, 3.05) is 20.1 Å². The molecule has 1 aromatic carbocycles. The minimum absolute atomic E-state index is 0.441. The molecule has 2 rings (SSSR count). The molecule has 2 heteroatoms. The fourth-order valence-electron chi connectivity index (χ4n) is 3.12. The van der Waals surface area contributed by atoms with Gasteiger partial charge < -0.3 is 10.2 Å². The van der Waals surface area contributed by atoms with Crippen LogP contribution in [-0.2, 0) is 0 Å². The molecule has 1 saturated carbocycles. The highest BCUT2D eigenvalue weighted by molar-refractivity contribution is 5.33. The molecule has 0 aliphatic heterocycles. The van der Waals surface area contributed by atoms with Gasteiger partial charge >= 0.3 is 0 Å². The van der Waals surface area contributed by atoms with Gasteiger partial charge in [-0.1, -0.05) is 30.7 Å². The number of hydrogen-bond acceptors (Lipinski definition) is 2. The molecule has 0 radical (unpaired) electrons. The van der Waals surface area contributed by atoms with Crippen LogP contribution in [0.2, 0.25) is 0 Å². The third kappa shape index (κ3) is 4.55. The first kappa shape index (κ1) is 16.5. The molecule has 0 heterocycles. The van der Waals surface area contributed by atoms with Gasteiger partial charge in [-0.3, -0.25) is 0 Å². The van der Waals surface area contributed by atoms with Crippen LogP contribution in [0, 0.1) is 19.8 Å². The van der Waals surface area contributed by atoms with Gasteiger partial charge in [0.2, 0.25) is 0 Å². The monoisotopic (exact) mass is 288 g/mol. The highest BCUT2D eigenvalue weighted by Crippen LogP contribution is 2.35. The number of aryl methyl sites for hydroxylation is 2. The van der Waals surface area contributed by atoms with Crippen LogP contribution < -0.4 is 5.32 Å². The minimum Gasteiger partial charge on any atom is -0.309 e. The van der Waals surface area contributed by atoms with Gasteiger partial charge in [0.1, 0.15) is 0 Å². The van der Waals surface area contributed by atoms with E-state index in [2.05, 4.69) is 63.2 Å². The van der Waals surface area contributed by atoms with Crippen molar-refractivity contribution in [1.29, 1.82) is 0 Å². The summed E-state index contributed by atoms with van der Waals surface area (Å²) in [7, 11) is 2.29. The third-order valence-corrected chi connectivity index (χ3v) is 4.92. The normalized spacial score (nSPS) is 18.0. The molecular weight excluding hydrogens is 256 g/mol. The first-order chi connectivity index (χ1) is 10.0. The maximum absolute atomic E-state index is 3.76. The lowest BCUT2D eigenvalue weighted by Gasteiger charge is -2.31. The molecule has 2 atom stereocenters. The predicted octanol–water partition coefficient (Wildman–Crippen LogP) is 4.07. The number of benzene rings is 1. The number of nitrogens with one attached hydrogen (secondary N) is 1. The molecule has 0 aromatic heterocycles. The maximum atomic E-state index is 3.76. The van der Waals surface area contributed by atoms with Crippen LogP contribution >= 0.6 is 0 Å². The first-order valence-electron chi connectivity index (χ1n) is 8.53. The summed E-state index contributed by atoms with van der Waals surface area (Å²) in [6.07, 6.45) is 4.02. The number of rotatable bonds is 8. The van der Waals surface area contributed by atoms with Crippen molar-refractivity contribution in [3.05, 3.63) is 34.9 Å². The van der Waals surface area contributed by atoms with Gasteiger partial charge in [0, 0.05) is 18.6 Å². The summed E-state index contributed by atoms with van der Waals surface area (Å²) in [6.45, 7) is 11.2. The standard InChI is InChI=1S/C19H32N2/c1-6-11-20-19(13-21(5)16(4)17-9-10-17)18-12-14(2)7-8-15(18)3/h7-8,12,16-17,19-20H,6,9-11,13H2,1-5H3. The molecule has 21 heavy (non-hydrogen) atoms. The Hall–Kier alpha value is -0.860. The van der Waals surface area contributed by atoms with Crippen LogP contribution in [0.3, 0.4) is 0 Å². The second-order valence-electron chi connectivity index (χ2n) is 6.88. The Morgan fingerprint density at radius 1 is 1.29 bits per heavy atom. The van der Waals surface area contributed by atoms with Crippen molar-refractivity contribution in [3.63, 3.8) is 0 Å². The smallest absolute Gasteiger partial charge is 0.0452 e. The maximum Gasteiger partial charge on any atom is 0.0452 e. The molecule has 2 nitrogen and oxygen atoms in total. The SMILES string of the molecule is CCCNC(CN(C)C(C)C1CC1)c1cc(C)ccc1C. The van der Waals surface area contributed by atoms with Crippen molar-refractivity contribution >= 4 is 0 Å². The summed E-state index contributed by atoms with van der Waals surface area (Å²) in [5.74, 6) is 0.931. The summed E-state index contributed by atoms with van der Waals surface area (Å²) in [6, 6.07) is 7.98. The average molecular weight is 288 g/mol. The van der Waals surface area contributed by atoms with E-state index in [1.54, 1.807) is 0 Å². The van der Waals surface area contributed by atoms with Gasteiger partial charge in [-0.15, -0.1) is 0 Å². The summed E-state index contributed by atoms with van der Waals surface area (Å²) >= 11 is 0. The fourth-order valence-corrected chi connectivity index (χ4v) is 3.12. The molecule has 1 aliphatic carbocycles. The van der Waals surface area contributed by atoms with Crippen LogP contribution in [0.5, 0.6) is 0 Å². The highest BCUT2D eigenvalue weighted by Gasteiger charge is 2.31. The lowest BCUT2D eigenvalue weighted by Crippen LogP contribution is -2.39. The molecule has 0 bridgehead atoms. The largest absolute Gasteiger partial charge is 0.309 e. The number of likely N-dealkylation sites (N-methyl/N-ethyl adjacent to an activating group) is 1. The molecular formula is C19H32N2. The van der Waals surface area contributed by atoms with Crippen molar-refractivity contribution in [2.45, 2.75) is 59.0 Å². The van der Waals surface area contributed by atoms with E-state index in [1.807, 2.05) is 0 Å².